The molecule has 2 fully saturated rings. The SMILES string of the molecule is CCNC(=NCc1ccnc(OC2CCC(C)CC2)c1)NCCN1CCOCC1.I. The average Bonchev–Trinajstić information content (AvgIpc) is 2.75. The van der Waals surface area contributed by atoms with Crippen LogP contribution < -0.4 is 15.4 Å². The maximum Gasteiger partial charge on any atom is 0.213 e. The predicted octanol–water partition coefficient (Wildman–Crippen LogP) is 3.04. The highest BCUT2D eigenvalue weighted by atomic mass is 127. The molecule has 1 aliphatic carbocycles. The summed E-state index contributed by atoms with van der Waals surface area (Å²) >= 11 is 0. The van der Waals surface area contributed by atoms with Crippen molar-refractivity contribution in [2.24, 2.45) is 10.9 Å². The molecule has 7 nitrogen and oxygen atoms in total. The van der Waals surface area contributed by atoms with E-state index in [-0.39, 0.29) is 24.0 Å². The van der Waals surface area contributed by atoms with Gasteiger partial charge in [0.15, 0.2) is 5.96 Å². The van der Waals surface area contributed by atoms with Crippen molar-refractivity contribution in [2.45, 2.75) is 52.2 Å². The third kappa shape index (κ3) is 8.93. The number of halogens is 1. The number of nitrogens with zero attached hydrogens (tertiary/aromatic N) is 3. The Morgan fingerprint density at radius 1 is 1.23 bits per heavy atom. The lowest BCUT2D eigenvalue weighted by Crippen LogP contribution is -2.44. The molecule has 1 aromatic rings. The van der Waals surface area contributed by atoms with Crippen molar-refractivity contribution >= 4 is 29.9 Å². The fourth-order valence-electron chi connectivity index (χ4n) is 3.80. The second kappa shape index (κ2) is 14.0. The smallest absolute Gasteiger partial charge is 0.213 e. The van der Waals surface area contributed by atoms with Crippen molar-refractivity contribution in [1.29, 1.82) is 0 Å². The van der Waals surface area contributed by atoms with Gasteiger partial charge in [0.1, 0.15) is 6.10 Å². The topological polar surface area (TPSA) is 71.0 Å². The van der Waals surface area contributed by atoms with Crippen LogP contribution in [0.15, 0.2) is 23.3 Å². The molecule has 1 saturated carbocycles. The molecule has 1 aliphatic heterocycles. The second-order valence-electron chi connectivity index (χ2n) is 8.08. The summed E-state index contributed by atoms with van der Waals surface area (Å²) in [5.74, 6) is 2.40. The summed E-state index contributed by atoms with van der Waals surface area (Å²) in [5.41, 5.74) is 1.12. The summed E-state index contributed by atoms with van der Waals surface area (Å²) in [6.45, 7) is 11.4. The van der Waals surface area contributed by atoms with Crippen LogP contribution in [0.5, 0.6) is 5.88 Å². The number of morpholine rings is 1. The lowest BCUT2D eigenvalue weighted by atomic mass is 9.89. The number of nitrogens with one attached hydrogen (secondary N) is 2. The molecule has 0 aromatic carbocycles. The van der Waals surface area contributed by atoms with E-state index < -0.39 is 0 Å². The van der Waals surface area contributed by atoms with Gasteiger partial charge in [-0.3, -0.25) is 4.90 Å². The molecule has 1 saturated heterocycles. The van der Waals surface area contributed by atoms with Gasteiger partial charge in [0.25, 0.3) is 0 Å². The van der Waals surface area contributed by atoms with Gasteiger partial charge >= 0.3 is 0 Å². The molecule has 8 heteroatoms. The Morgan fingerprint density at radius 2 is 2.00 bits per heavy atom. The molecule has 0 atom stereocenters. The number of ether oxygens (including phenoxy) is 2. The van der Waals surface area contributed by atoms with E-state index >= 15 is 0 Å². The van der Waals surface area contributed by atoms with Gasteiger partial charge < -0.3 is 20.1 Å². The van der Waals surface area contributed by atoms with Crippen molar-refractivity contribution in [3.63, 3.8) is 0 Å². The third-order valence-electron chi connectivity index (χ3n) is 5.64. The van der Waals surface area contributed by atoms with Crippen LogP contribution in [0.4, 0.5) is 0 Å². The molecule has 0 radical (unpaired) electrons. The van der Waals surface area contributed by atoms with E-state index in [4.69, 9.17) is 14.5 Å². The van der Waals surface area contributed by atoms with E-state index in [0.717, 1.165) is 82.1 Å². The van der Waals surface area contributed by atoms with E-state index in [0.29, 0.717) is 12.6 Å². The molecule has 30 heavy (non-hydrogen) atoms. The normalized spacial score (nSPS) is 22.8. The van der Waals surface area contributed by atoms with Crippen LogP contribution in [0.1, 0.15) is 45.1 Å². The van der Waals surface area contributed by atoms with E-state index in [2.05, 4.69) is 34.4 Å². The Labute approximate surface area is 198 Å². The van der Waals surface area contributed by atoms with E-state index in [9.17, 15) is 0 Å². The maximum atomic E-state index is 6.12. The van der Waals surface area contributed by atoms with Crippen LogP contribution in [0, 0.1) is 5.92 Å². The Kier molecular flexibility index (Phi) is 11.8. The Balaban J connectivity index is 0.00000320. The standard InChI is InChI=1S/C22H37N5O2.HI/c1-3-23-22(25-10-11-27-12-14-28-15-13-27)26-17-19-8-9-24-21(16-19)29-20-6-4-18(2)5-7-20;/h8-9,16,18,20H,3-7,10-15,17H2,1-2H3,(H2,23,25,26);1H. The van der Waals surface area contributed by atoms with Crippen LogP contribution >= 0.6 is 24.0 Å². The van der Waals surface area contributed by atoms with Gasteiger partial charge in [-0.2, -0.15) is 0 Å². The minimum Gasteiger partial charge on any atom is -0.474 e. The van der Waals surface area contributed by atoms with Gasteiger partial charge in [-0.05, 0) is 50.2 Å². The van der Waals surface area contributed by atoms with Gasteiger partial charge in [-0.15, -0.1) is 24.0 Å². The minimum atomic E-state index is 0. The van der Waals surface area contributed by atoms with Gasteiger partial charge in [-0.1, -0.05) is 6.92 Å². The van der Waals surface area contributed by atoms with E-state index in [1.54, 1.807) is 0 Å². The lowest BCUT2D eigenvalue weighted by Gasteiger charge is -2.26. The highest BCUT2D eigenvalue weighted by Gasteiger charge is 2.20. The van der Waals surface area contributed by atoms with Gasteiger partial charge in [0.05, 0.1) is 19.8 Å². The maximum absolute atomic E-state index is 6.12. The monoisotopic (exact) mass is 531 g/mol. The molecule has 2 heterocycles. The van der Waals surface area contributed by atoms with Crippen molar-refractivity contribution in [2.75, 3.05) is 45.9 Å². The fraction of sp³-hybridized carbons (Fsp3) is 0.727. The first kappa shape index (κ1) is 25.1. The molecule has 3 rings (SSSR count). The molecule has 2 N–H and O–H groups in total. The Morgan fingerprint density at radius 3 is 2.73 bits per heavy atom. The van der Waals surface area contributed by atoms with Crippen LogP contribution in [-0.2, 0) is 11.3 Å². The van der Waals surface area contributed by atoms with E-state index in [1.807, 2.05) is 18.3 Å². The molecule has 2 aliphatic rings. The first-order valence-electron chi connectivity index (χ1n) is 11.2. The predicted molar refractivity (Wildman–Crippen MR) is 132 cm³/mol. The number of pyridine rings is 1. The van der Waals surface area contributed by atoms with Gasteiger partial charge in [0, 0.05) is 45.0 Å². The molecule has 0 spiro atoms. The first-order valence-corrected chi connectivity index (χ1v) is 11.2. The number of aliphatic imine (C=N–C) groups is 1. The summed E-state index contributed by atoms with van der Waals surface area (Å²) in [6.07, 6.45) is 6.88. The van der Waals surface area contributed by atoms with Crippen molar-refractivity contribution in [1.82, 2.24) is 20.5 Å². The lowest BCUT2D eigenvalue weighted by molar-refractivity contribution is 0.0389. The zero-order chi connectivity index (χ0) is 20.3. The van der Waals surface area contributed by atoms with Crippen LogP contribution in [-0.4, -0.2) is 67.9 Å². The molecule has 0 bridgehead atoms. The molecular formula is C22H38IN5O2. The molecule has 170 valence electrons. The number of hydrogen-bond donors (Lipinski definition) is 2. The summed E-state index contributed by atoms with van der Waals surface area (Å²) in [6, 6.07) is 4.04. The fourth-order valence-corrected chi connectivity index (χ4v) is 3.80. The zero-order valence-electron chi connectivity index (χ0n) is 18.4. The summed E-state index contributed by atoms with van der Waals surface area (Å²) in [5, 5.41) is 6.76. The van der Waals surface area contributed by atoms with Gasteiger partial charge in [-0.25, -0.2) is 9.98 Å². The highest BCUT2D eigenvalue weighted by molar-refractivity contribution is 14.0. The Hall–Kier alpha value is -1.13. The molecule has 1 aromatic heterocycles. The largest absolute Gasteiger partial charge is 0.474 e. The number of guanidine groups is 1. The third-order valence-corrected chi connectivity index (χ3v) is 5.64. The van der Waals surface area contributed by atoms with Crippen molar-refractivity contribution in [3.05, 3.63) is 23.9 Å². The first-order chi connectivity index (χ1) is 14.2. The second-order valence-corrected chi connectivity index (χ2v) is 8.08. The average molecular weight is 531 g/mol. The molecule has 0 amide bonds. The highest BCUT2D eigenvalue weighted by Crippen LogP contribution is 2.26. The summed E-state index contributed by atoms with van der Waals surface area (Å²) < 4.78 is 11.5. The van der Waals surface area contributed by atoms with Crippen LogP contribution in [0.25, 0.3) is 0 Å². The number of rotatable bonds is 8. The van der Waals surface area contributed by atoms with Crippen LogP contribution in [0.2, 0.25) is 0 Å². The Bertz CT molecular complexity index is 632. The minimum absolute atomic E-state index is 0. The molecular weight excluding hydrogens is 493 g/mol. The van der Waals surface area contributed by atoms with Crippen LogP contribution in [0.3, 0.4) is 0 Å². The van der Waals surface area contributed by atoms with Crippen molar-refractivity contribution < 1.29 is 9.47 Å². The number of hydrogen-bond acceptors (Lipinski definition) is 5. The quantitative estimate of drug-likeness (QED) is 0.306. The van der Waals surface area contributed by atoms with E-state index in [1.165, 1.54) is 12.8 Å². The summed E-state index contributed by atoms with van der Waals surface area (Å²) in [4.78, 5) is 11.5. The molecule has 0 unspecified atom stereocenters. The van der Waals surface area contributed by atoms with Gasteiger partial charge in [0.2, 0.25) is 5.88 Å². The summed E-state index contributed by atoms with van der Waals surface area (Å²) in [7, 11) is 0. The van der Waals surface area contributed by atoms with Crippen molar-refractivity contribution in [3.8, 4) is 5.88 Å². The zero-order valence-corrected chi connectivity index (χ0v) is 20.8. The number of aromatic nitrogens is 1.